The largest absolute Gasteiger partial charge is 0.419 e. The lowest BCUT2D eigenvalue weighted by atomic mass is 9.88. The normalized spacial score (nSPS) is 21.3. The number of halogens is 4. The molecule has 1 amide bonds. The lowest BCUT2D eigenvalue weighted by Crippen LogP contribution is -2.43. The van der Waals surface area contributed by atoms with Crippen molar-refractivity contribution in [2.45, 2.75) is 77.2 Å². The molecule has 220 valence electrons. The molecular weight excluding hydrogens is 538 g/mol. The van der Waals surface area contributed by atoms with Crippen molar-refractivity contribution in [3.05, 3.63) is 52.7 Å². The van der Waals surface area contributed by atoms with Crippen molar-refractivity contribution in [2.75, 3.05) is 25.0 Å². The predicted molar refractivity (Wildman–Crippen MR) is 146 cm³/mol. The van der Waals surface area contributed by atoms with Gasteiger partial charge in [0.1, 0.15) is 29.2 Å². The van der Waals surface area contributed by atoms with Crippen molar-refractivity contribution in [3.8, 4) is 0 Å². The molecule has 6 rings (SSSR count). The Hall–Kier alpha value is -3.21. The van der Waals surface area contributed by atoms with Gasteiger partial charge in [-0.3, -0.25) is 4.79 Å². The highest BCUT2D eigenvalue weighted by Crippen LogP contribution is 2.41. The molecule has 7 nitrogen and oxygen atoms in total. The quantitative estimate of drug-likeness (QED) is 0.350. The van der Waals surface area contributed by atoms with Crippen LogP contribution in [-0.4, -0.2) is 45.0 Å². The summed E-state index contributed by atoms with van der Waals surface area (Å²) in [5.74, 6) is 0.375. The second kappa shape index (κ2) is 10.9. The van der Waals surface area contributed by atoms with E-state index in [2.05, 4.69) is 14.9 Å². The number of hydrogen-bond acceptors (Lipinski definition) is 5. The van der Waals surface area contributed by atoms with E-state index in [0.717, 1.165) is 63.4 Å². The minimum atomic E-state index is -4.78. The first-order valence-electron chi connectivity index (χ1n) is 14.5. The molecule has 0 radical (unpaired) electrons. The van der Waals surface area contributed by atoms with Gasteiger partial charge in [0.2, 0.25) is 5.91 Å². The van der Waals surface area contributed by atoms with E-state index in [-0.39, 0.29) is 23.5 Å². The average Bonchev–Trinajstić information content (AvgIpc) is 3.61. The molecule has 1 aromatic carbocycles. The van der Waals surface area contributed by atoms with Gasteiger partial charge in [0.25, 0.3) is 0 Å². The van der Waals surface area contributed by atoms with Crippen LogP contribution < -0.4 is 5.32 Å². The van der Waals surface area contributed by atoms with E-state index >= 15 is 0 Å². The topological polar surface area (TPSA) is 72.3 Å². The lowest BCUT2D eigenvalue weighted by molar-refractivity contribution is -0.140. The molecule has 0 spiro atoms. The van der Waals surface area contributed by atoms with Gasteiger partial charge in [-0.2, -0.15) is 13.2 Å². The summed E-state index contributed by atoms with van der Waals surface area (Å²) in [5.41, 5.74) is 0.317. The van der Waals surface area contributed by atoms with E-state index in [4.69, 9.17) is 9.72 Å². The summed E-state index contributed by atoms with van der Waals surface area (Å²) < 4.78 is 63.3. The van der Waals surface area contributed by atoms with Crippen molar-refractivity contribution >= 4 is 22.8 Å². The Morgan fingerprint density at radius 1 is 1.10 bits per heavy atom. The molecule has 1 N–H and O–H groups in total. The number of piperidine rings is 1. The number of carbonyl (C=O) groups excluding carboxylic acids is 1. The third-order valence-corrected chi connectivity index (χ3v) is 8.94. The molecule has 2 fully saturated rings. The smallest absolute Gasteiger partial charge is 0.370 e. The van der Waals surface area contributed by atoms with Crippen LogP contribution in [0.15, 0.2) is 24.3 Å². The highest BCUT2D eigenvalue weighted by molar-refractivity contribution is 5.89. The molecule has 11 heteroatoms. The number of aryl methyl sites for hydroxylation is 1. The highest BCUT2D eigenvalue weighted by Gasteiger charge is 2.37. The SMILES string of the molecule is Cc1nc(N[C@H](C)c2cccc(C(F)(F)F)c2F)c2cc3n(c2n1)CCOC3C1CCN(C(=O)C2CCCC2)CC1. The second-order valence-corrected chi connectivity index (χ2v) is 11.6. The minimum Gasteiger partial charge on any atom is -0.370 e. The van der Waals surface area contributed by atoms with Gasteiger partial charge in [0.05, 0.1) is 23.6 Å². The molecule has 2 aromatic heterocycles. The van der Waals surface area contributed by atoms with Gasteiger partial charge in [-0.25, -0.2) is 14.4 Å². The molecule has 41 heavy (non-hydrogen) atoms. The van der Waals surface area contributed by atoms with E-state index in [1.807, 2.05) is 11.0 Å². The molecule has 2 aliphatic heterocycles. The van der Waals surface area contributed by atoms with Gasteiger partial charge in [-0.05, 0) is 57.6 Å². The van der Waals surface area contributed by atoms with Crippen LogP contribution in [0.4, 0.5) is 23.4 Å². The number of nitrogens with zero attached hydrogens (tertiary/aromatic N) is 4. The lowest BCUT2D eigenvalue weighted by Gasteiger charge is -2.38. The van der Waals surface area contributed by atoms with Crippen LogP contribution in [0.1, 0.15) is 80.2 Å². The number of alkyl halides is 3. The van der Waals surface area contributed by atoms with Crippen LogP contribution in [0.2, 0.25) is 0 Å². The Labute approximate surface area is 236 Å². The number of aromatic nitrogens is 3. The zero-order valence-electron chi connectivity index (χ0n) is 23.3. The van der Waals surface area contributed by atoms with E-state index in [9.17, 15) is 22.4 Å². The number of benzene rings is 1. The van der Waals surface area contributed by atoms with Crippen LogP contribution in [0.25, 0.3) is 11.0 Å². The number of likely N-dealkylation sites (tertiary alicyclic amines) is 1. The van der Waals surface area contributed by atoms with Crippen molar-refractivity contribution in [3.63, 3.8) is 0 Å². The van der Waals surface area contributed by atoms with Crippen LogP contribution in [0.3, 0.4) is 0 Å². The van der Waals surface area contributed by atoms with Gasteiger partial charge < -0.3 is 19.5 Å². The summed E-state index contributed by atoms with van der Waals surface area (Å²) in [6.45, 7) is 5.97. The number of carbonyl (C=O) groups is 1. The molecule has 4 heterocycles. The Bertz CT molecular complexity index is 1440. The number of fused-ring (bicyclic) bond motifs is 3. The summed E-state index contributed by atoms with van der Waals surface area (Å²) in [7, 11) is 0. The first-order valence-corrected chi connectivity index (χ1v) is 14.5. The Balaban J connectivity index is 1.25. The Morgan fingerprint density at radius 3 is 2.54 bits per heavy atom. The number of rotatable bonds is 5. The molecule has 3 aromatic rings. The van der Waals surface area contributed by atoms with E-state index in [1.165, 1.54) is 12.1 Å². The summed E-state index contributed by atoms with van der Waals surface area (Å²) in [6.07, 6.45) is 1.04. The van der Waals surface area contributed by atoms with E-state index < -0.39 is 23.6 Å². The number of amides is 1. The maximum absolute atomic E-state index is 14.9. The van der Waals surface area contributed by atoms with Crippen LogP contribution >= 0.6 is 0 Å². The Morgan fingerprint density at radius 2 is 1.83 bits per heavy atom. The van der Waals surface area contributed by atoms with Gasteiger partial charge >= 0.3 is 6.18 Å². The fourth-order valence-corrected chi connectivity index (χ4v) is 6.81. The van der Waals surface area contributed by atoms with E-state index in [1.54, 1.807) is 13.8 Å². The molecule has 2 atom stereocenters. The van der Waals surface area contributed by atoms with Gasteiger partial charge in [0, 0.05) is 36.8 Å². The summed E-state index contributed by atoms with van der Waals surface area (Å²) in [5, 5.41) is 3.87. The number of ether oxygens (including phenoxy) is 1. The molecule has 1 saturated carbocycles. The Kier molecular flexibility index (Phi) is 7.42. The third-order valence-electron chi connectivity index (χ3n) is 8.94. The maximum Gasteiger partial charge on any atom is 0.419 e. The molecule has 1 unspecified atom stereocenters. The number of hydrogen-bond donors (Lipinski definition) is 1. The van der Waals surface area contributed by atoms with Crippen molar-refractivity contribution < 1.29 is 27.1 Å². The first kappa shape index (κ1) is 27.9. The second-order valence-electron chi connectivity index (χ2n) is 11.6. The minimum absolute atomic E-state index is 0.0895. The maximum atomic E-state index is 14.9. The van der Waals surface area contributed by atoms with Crippen LogP contribution in [-0.2, 0) is 22.3 Å². The summed E-state index contributed by atoms with van der Waals surface area (Å²) in [6, 6.07) is 4.53. The monoisotopic (exact) mass is 573 g/mol. The number of nitrogens with one attached hydrogen (secondary N) is 1. The number of anilines is 1. The van der Waals surface area contributed by atoms with Crippen molar-refractivity contribution in [2.24, 2.45) is 11.8 Å². The zero-order valence-corrected chi connectivity index (χ0v) is 23.3. The fourth-order valence-electron chi connectivity index (χ4n) is 6.81. The molecule has 0 bridgehead atoms. The van der Waals surface area contributed by atoms with Gasteiger partial charge in [-0.15, -0.1) is 0 Å². The molecular formula is C30H35F4N5O2. The van der Waals surface area contributed by atoms with Gasteiger partial charge in [0.15, 0.2) is 0 Å². The zero-order chi connectivity index (χ0) is 28.9. The average molecular weight is 574 g/mol. The highest BCUT2D eigenvalue weighted by atomic mass is 19.4. The standard InChI is InChI=1S/C30H35F4N5O2/c1-17(21-8-5-9-23(25(21)31)30(32,33)34)35-27-22-16-24-26(41-15-14-39(24)28(22)37-18(2)36-27)19-10-12-38(13-11-19)29(40)20-6-3-4-7-20/h5,8-9,16-17,19-20,26H,3-4,6-7,10-15H2,1-2H3,(H,35,36,37)/t17-,26?/m1/s1. The van der Waals surface area contributed by atoms with E-state index in [0.29, 0.717) is 41.7 Å². The summed E-state index contributed by atoms with van der Waals surface area (Å²) in [4.78, 5) is 24.2. The van der Waals surface area contributed by atoms with Crippen LogP contribution in [0.5, 0.6) is 0 Å². The van der Waals surface area contributed by atoms with Crippen molar-refractivity contribution in [1.82, 2.24) is 19.4 Å². The van der Waals surface area contributed by atoms with Crippen molar-refractivity contribution in [1.29, 1.82) is 0 Å². The fraction of sp³-hybridized carbons (Fsp3) is 0.567. The van der Waals surface area contributed by atoms with Crippen LogP contribution in [0, 0.1) is 24.6 Å². The van der Waals surface area contributed by atoms with Gasteiger partial charge in [-0.1, -0.05) is 25.0 Å². The molecule has 1 aliphatic carbocycles. The molecule has 1 saturated heterocycles. The molecule has 3 aliphatic rings. The summed E-state index contributed by atoms with van der Waals surface area (Å²) >= 11 is 0. The first-order chi connectivity index (χ1) is 19.6. The third kappa shape index (κ3) is 5.29. The predicted octanol–water partition coefficient (Wildman–Crippen LogP) is 6.57.